The number of benzene rings is 2. The zero-order chi connectivity index (χ0) is 18.1. The molecular weight excluding hydrogens is 324 g/mol. The highest BCUT2D eigenvalue weighted by atomic mass is 16.6. The van der Waals surface area contributed by atoms with Crippen molar-refractivity contribution in [2.24, 2.45) is 0 Å². The van der Waals surface area contributed by atoms with Crippen LogP contribution in [0, 0.1) is 0 Å². The molecule has 2 aromatic rings. The molecule has 2 aromatic carbocycles. The Kier molecular flexibility index (Phi) is 6.98. The average molecular weight is 344 g/mol. The largest absolute Gasteiger partial charge is 0.494 e. The third-order valence-corrected chi connectivity index (χ3v) is 3.20. The summed E-state index contributed by atoms with van der Waals surface area (Å²) in [5, 5.41) is 0. The highest BCUT2D eigenvalue weighted by Crippen LogP contribution is 2.18. The molecule has 0 bridgehead atoms. The summed E-state index contributed by atoms with van der Waals surface area (Å²) in [6.07, 6.45) is 0. The van der Waals surface area contributed by atoms with Crippen LogP contribution in [0.2, 0.25) is 0 Å². The summed E-state index contributed by atoms with van der Waals surface area (Å²) in [7, 11) is 1.53. The molecule has 6 nitrogen and oxygen atoms in total. The number of methoxy groups -OCH3 is 1. The molecule has 0 N–H and O–H groups in total. The van der Waals surface area contributed by atoms with Gasteiger partial charge in [-0.05, 0) is 49.4 Å². The minimum Gasteiger partial charge on any atom is -0.494 e. The van der Waals surface area contributed by atoms with Crippen molar-refractivity contribution in [3.05, 3.63) is 59.7 Å². The molecule has 25 heavy (non-hydrogen) atoms. The van der Waals surface area contributed by atoms with Crippen molar-refractivity contribution in [1.82, 2.24) is 0 Å². The van der Waals surface area contributed by atoms with Gasteiger partial charge in [0.15, 0.2) is 0 Å². The Labute approximate surface area is 146 Å². The average Bonchev–Trinajstić information content (AvgIpc) is 2.63. The first-order valence-electron chi connectivity index (χ1n) is 7.85. The number of carbonyl (C=O) groups is 2. The van der Waals surface area contributed by atoms with E-state index in [2.05, 4.69) is 0 Å². The minimum atomic E-state index is -0.503. The number of esters is 2. The smallest absolute Gasteiger partial charge is 0.343 e. The van der Waals surface area contributed by atoms with E-state index in [0.29, 0.717) is 35.8 Å². The van der Waals surface area contributed by atoms with Gasteiger partial charge in [0, 0.05) is 7.11 Å². The van der Waals surface area contributed by atoms with E-state index >= 15 is 0 Å². The summed E-state index contributed by atoms with van der Waals surface area (Å²) >= 11 is 0. The van der Waals surface area contributed by atoms with E-state index in [-0.39, 0.29) is 6.61 Å². The lowest BCUT2D eigenvalue weighted by Gasteiger charge is -2.08. The van der Waals surface area contributed by atoms with Crippen LogP contribution in [0.25, 0.3) is 0 Å². The second-order valence-corrected chi connectivity index (χ2v) is 5.00. The van der Waals surface area contributed by atoms with Crippen LogP contribution in [0.3, 0.4) is 0 Å². The molecular formula is C19H20O6. The third-order valence-electron chi connectivity index (χ3n) is 3.20. The van der Waals surface area contributed by atoms with E-state index in [1.54, 1.807) is 24.3 Å². The molecule has 0 saturated carbocycles. The summed E-state index contributed by atoms with van der Waals surface area (Å²) in [5.41, 5.74) is 0.753. The van der Waals surface area contributed by atoms with Crippen LogP contribution in [0.5, 0.6) is 11.5 Å². The van der Waals surface area contributed by atoms with Crippen molar-refractivity contribution in [2.45, 2.75) is 6.92 Å². The fourth-order valence-electron chi connectivity index (χ4n) is 2.01. The van der Waals surface area contributed by atoms with E-state index in [1.165, 1.54) is 31.4 Å². The molecule has 0 atom stereocenters. The van der Waals surface area contributed by atoms with Crippen LogP contribution in [-0.4, -0.2) is 38.9 Å². The van der Waals surface area contributed by atoms with Crippen molar-refractivity contribution < 1.29 is 28.5 Å². The molecule has 0 fully saturated rings. The molecule has 0 unspecified atom stereocenters. The molecule has 0 heterocycles. The first-order valence-corrected chi connectivity index (χ1v) is 7.85. The second kappa shape index (κ2) is 9.44. The zero-order valence-corrected chi connectivity index (χ0v) is 14.2. The van der Waals surface area contributed by atoms with E-state index in [9.17, 15) is 9.59 Å². The summed E-state index contributed by atoms with van der Waals surface area (Å²) in [5.74, 6) is -0.0253. The van der Waals surface area contributed by atoms with Crippen molar-refractivity contribution in [1.29, 1.82) is 0 Å². The summed E-state index contributed by atoms with van der Waals surface area (Å²) in [6, 6.07) is 12.9. The van der Waals surface area contributed by atoms with Crippen LogP contribution < -0.4 is 9.47 Å². The number of hydrogen-bond acceptors (Lipinski definition) is 6. The van der Waals surface area contributed by atoms with Gasteiger partial charge in [-0.15, -0.1) is 0 Å². The molecule has 0 amide bonds. The standard InChI is InChI=1S/C19H20O6/c1-3-23-17-6-4-5-15(13-17)19(21)25-16-9-7-14(8-10-16)18(20)24-12-11-22-2/h4-10,13H,3,11-12H2,1-2H3. The third kappa shape index (κ3) is 5.61. The van der Waals surface area contributed by atoms with Crippen LogP contribution in [0.15, 0.2) is 48.5 Å². The first-order chi connectivity index (χ1) is 12.1. The Morgan fingerprint density at radius 2 is 1.64 bits per heavy atom. The SMILES string of the molecule is CCOc1cccc(C(=O)Oc2ccc(C(=O)OCCOC)cc2)c1. The Morgan fingerprint density at radius 1 is 0.880 bits per heavy atom. The Balaban J connectivity index is 1.97. The molecule has 0 aliphatic rings. The summed E-state index contributed by atoms with van der Waals surface area (Å²) in [4.78, 5) is 24.0. The van der Waals surface area contributed by atoms with E-state index in [1.807, 2.05) is 6.92 Å². The van der Waals surface area contributed by atoms with Gasteiger partial charge >= 0.3 is 11.9 Å². The molecule has 132 valence electrons. The fraction of sp³-hybridized carbons (Fsp3) is 0.263. The Bertz CT molecular complexity index is 708. The lowest BCUT2D eigenvalue weighted by molar-refractivity contribution is 0.0388. The Morgan fingerprint density at radius 3 is 2.32 bits per heavy atom. The highest BCUT2D eigenvalue weighted by molar-refractivity contribution is 5.92. The maximum atomic E-state index is 12.2. The van der Waals surface area contributed by atoms with Crippen molar-refractivity contribution in [3.63, 3.8) is 0 Å². The predicted molar refractivity (Wildman–Crippen MR) is 91.2 cm³/mol. The maximum absolute atomic E-state index is 12.2. The number of ether oxygens (including phenoxy) is 4. The van der Waals surface area contributed by atoms with Crippen LogP contribution in [0.1, 0.15) is 27.6 Å². The highest BCUT2D eigenvalue weighted by Gasteiger charge is 2.11. The zero-order valence-electron chi connectivity index (χ0n) is 14.2. The molecule has 0 aromatic heterocycles. The topological polar surface area (TPSA) is 71.1 Å². The monoisotopic (exact) mass is 344 g/mol. The van der Waals surface area contributed by atoms with Gasteiger partial charge in [0.25, 0.3) is 0 Å². The van der Waals surface area contributed by atoms with Crippen molar-refractivity contribution in [3.8, 4) is 11.5 Å². The number of hydrogen-bond donors (Lipinski definition) is 0. The number of carbonyl (C=O) groups excluding carboxylic acids is 2. The quantitative estimate of drug-likeness (QED) is 0.416. The molecule has 0 saturated heterocycles. The lowest BCUT2D eigenvalue weighted by atomic mass is 10.2. The van der Waals surface area contributed by atoms with Gasteiger partial charge in [-0.3, -0.25) is 0 Å². The van der Waals surface area contributed by atoms with E-state index in [0.717, 1.165) is 0 Å². The van der Waals surface area contributed by atoms with Gasteiger partial charge in [0.05, 0.1) is 24.3 Å². The first kappa shape index (κ1) is 18.5. The van der Waals surface area contributed by atoms with Gasteiger partial charge < -0.3 is 18.9 Å². The lowest BCUT2D eigenvalue weighted by Crippen LogP contribution is -2.11. The van der Waals surface area contributed by atoms with Crippen LogP contribution in [0.4, 0.5) is 0 Å². The Hall–Kier alpha value is -2.86. The summed E-state index contributed by atoms with van der Waals surface area (Å²) in [6.45, 7) is 2.90. The molecule has 2 rings (SSSR count). The summed E-state index contributed by atoms with van der Waals surface area (Å²) < 4.78 is 20.5. The van der Waals surface area contributed by atoms with Crippen LogP contribution in [-0.2, 0) is 9.47 Å². The molecule has 0 spiro atoms. The molecule has 0 aliphatic heterocycles. The van der Waals surface area contributed by atoms with E-state index < -0.39 is 11.9 Å². The van der Waals surface area contributed by atoms with Gasteiger partial charge in [0.2, 0.25) is 0 Å². The predicted octanol–water partition coefficient (Wildman–Crippen LogP) is 3.11. The van der Waals surface area contributed by atoms with Gasteiger partial charge in [-0.1, -0.05) is 6.07 Å². The van der Waals surface area contributed by atoms with Crippen LogP contribution >= 0.6 is 0 Å². The normalized spacial score (nSPS) is 10.2. The van der Waals surface area contributed by atoms with E-state index in [4.69, 9.17) is 18.9 Å². The number of rotatable bonds is 8. The molecule has 0 radical (unpaired) electrons. The minimum absolute atomic E-state index is 0.183. The van der Waals surface area contributed by atoms with Gasteiger partial charge in [-0.25, -0.2) is 9.59 Å². The van der Waals surface area contributed by atoms with Gasteiger partial charge in [0.1, 0.15) is 18.1 Å². The molecule has 0 aliphatic carbocycles. The van der Waals surface area contributed by atoms with Gasteiger partial charge in [-0.2, -0.15) is 0 Å². The van der Waals surface area contributed by atoms with Crippen molar-refractivity contribution in [2.75, 3.05) is 26.9 Å². The van der Waals surface area contributed by atoms with Crippen molar-refractivity contribution >= 4 is 11.9 Å². The molecule has 6 heteroatoms. The fourth-order valence-corrected chi connectivity index (χ4v) is 2.01. The second-order valence-electron chi connectivity index (χ2n) is 5.00. The maximum Gasteiger partial charge on any atom is 0.343 e.